The lowest BCUT2D eigenvalue weighted by molar-refractivity contribution is 0.0841. The quantitative estimate of drug-likeness (QED) is 0.907. The molecule has 0 spiro atoms. The highest BCUT2D eigenvalue weighted by Gasteiger charge is 2.41. The highest BCUT2D eigenvalue weighted by Crippen LogP contribution is 2.42. The van der Waals surface area contributed by atoms with Gasteiger partial charge < -0.3 is 5.32 Å². The number of nitrogens with one attached hydrogen (secondary N) is 1. The average molecular weight is 340 g/mol. The SMILES string of the molecule is Cc1cc(NC[C@@H]2CCCN(C3CC3)[C@H]2c2ccnn2C)nc(C)n1. The molecule has 1 saturated carbocycles. The Labute approximate surface area is 149 Å². The molecule has 0 unspecified atom stereocenters. The van der Waals surface area contributed by atoms with Crippen molar-refractivity contribution in [3.8, 4) is 0 Å². The molecule has 6 heteroatoms. The Morgan fingerprint density at radius 1 is 1.20 bits per heavy atom. The molecule has 2 aromatic rings. The van der Waals surface area contributed by atoms with Crippen LogP contribution in [0.3, 0.4) is 0 Å². The standard InChI is InChI=1S/C19H28N6/c1-13-11-18(23-14(2)22-13)20-12-15-5-4-10-25(16-6-7-16)19(15)17-8-9-21-24(17)3/h8-9,11,15-16,19H,4-7,10,12H2,1-3H3,(H,20,22,23)/t15-,19+/m0/s1. The molecule has 25 heavy (non-hydrogen) atoms. The average Bonchev–Trinajstić information content (AvgIpc) is 3.33. The zero-order valence-corrected chi connectivity index (χ0v) is 15.4. The predicted octanol–water partition coefficient (Wildman–Crippen LogP) is 2.85. The molecule has 4 rings (SSSR count). The van der Waals surface area contributed by atoms with Crippen molar-refractivity contribution in [2.45, 2.75) is 51.6 Å². The number of piperidine rings is 1. The molecule has 6 nitrogen and oxygen atoms in total. The summed E-state index contributed by atoms with van der Waals surface area (Å²) < 4.78 is 2.05. The van der Waals surface area contributed by atoms with E-state index in [1.54, 1.807) is 0 Å². The summed E-state index contributed by atoms with van der Waals surface area (Å²) in [4.78, 5) is 11.6. The first-order valence-electron chi connectivity index (χ1n) is 9.41. The van der Waals surface area contributed by atoms with Gasteiger partial charge in [-0.1, -0.05) is 0 Å². The summed E-state index contributed by atoms with van der Waals surface area (Å²) >= 11 is 0. The van der Waals surface area contributed by atoms with Gasteiger partial charge in [-0.05, 0) is 58.1 Å². The lowest BCUT2D eigenvalue weighted by atomic mass is 9.86. The first kappa shape index (κ1) is 16.5. The van der Waals surface area contributed by atoms with Gasteiger partial charge in [0.2, 0.25) is 0 Å². The lowest BCUT2D eigenvalue weighted by Gasteiger charge is -2.41. The summed E-state index contributed by atoms with van der Waals surface area (Å²) in [5, 5.41) is 8.01. The van der Waals surface area contributed by atoms with Crippen LogP contribution in [-0.4, -0.2) is 43.8 Å². The number of hydrogen-bond donors (Lipinski definition) is 1. The second-order valence-corrected chi connectivity index (χ2v) is 7.52. The van der Waals surface area contributed by atoms with E-state index in [0.717, 1.165) is 29.9 Å². The molecule has 3 heterocycles. The van der Waals surface area contributed by atoms with Crippen molar-refractivity contribution >= 4 is 5.82 Å². The first-order valence-corrected chi connectivity index (χ1v) is 9.41. The van der Waals surface area contributed by atoms with Crippen LogP contribution in [0.1, 0.15) is 48.9 Å². The zero-order chi connectivity index (χ0) is 17.4. The molecule has 2 aromatic heterocycles. The van der Waals surface area contributed by atoms with Crippen LogP contribution in [0.2, 0.25) is 0 Å². The number of aromatic nitrogens is 4. The second kappa shape index (κ2) is 6.75. The molecule has 134 valence electrons. The minimum absolute atomic E-state index is 0.449. The van der Waals surface area contributed by atoms with E-state index in [-0.39, 0.29) is 0 Å². The van der Waals surface area contributed by atoms with Crippen LogP contribution >= 0.6 is 0 Å². The fourth-order valence-electron chi connectivity index (χ4n) is 4.26. The molecule has 1 aliphatic heterocycles. The fraction of sp³-hybridized carbons (Fsp3) is 0.632. The van der Waals surface area contributed by atoms with E-state index in [4.69, 9.17) is 0 Å². The maximum Gasteiger partial charge on any atom is 0.129 e. The zero-order valence-electron chi connectivity index (χ0n) is 15.4. The van der Waals surface area contributed by atoms with E-state index in [0.29, 0.717) is 12.0 Å². The third-order valence-corrected chi connectivity index (χ3v) is 5.48. The van der Waals surface area contributed by atoms with Gasteiger partial charge in [0.25, 0.3) is 0 Å². The molecule has 1 saturated heterocycles. The molecule has 1 aliphatic carbocycles. The fourth-order valence-corrected chi connectivity index (χ4v) is 4.26. The monoisotopic (exact) mass is 340 g/mol. The molecule has 0 amide bonds. The Bertz CT molecular complexity index is 715. The number of rotatable bonds is 5. The normalized spacial score (nSPS) is 24.4. The van der Waals surface area contributed by atoms with Crippen molar-refractivity contribution in [1.29, 1.82) is 0 Å². The van der Waals surface area contributed by atoms with Crippen LogP contribution in [0.25, 0.3) is 0 Å². The highest BCUT2D eigenvalue weighted by atomic mass is 15.3. The first-order chi connectivity index (χ1) is 12.1. The summed E-state index contributed by atoms with van der Waals surface area (Å²) in [5.74, 6) is 2.34. The minimum atomic E-state index is 0.449. The molecule has 0 bridgehead atoms. The molecular weight excluding hydrogens is 312 g/mol. The van der Waals surface area contributed by atoms with E-state index < -0.39 is 0 Å². The number of aryl methyl sites for hydroxylation is 3. The maximum atomic E-state index is 4.54. The van der Waals surface area contributed by atoms with Gasteiger partial charge in [-0.15, -0.1) is 0 Å². The van der Waals surface area contributed by atoms with Crippen molar-refractivity contribution in [2.75, 3.05) is 18.4 Å². The molecule has 2 aliphatic rings. The van der Waals surface area contributed by atoms with E-state index in [1.807, 2.05) is 26.1 Å². The van der Waals surface area contributed by atoms with Crippen molar-refractivity contribution in [2.24, 2.45) is 13.0 Å². The second-order valence-electron chi connectivity index (χ2n) is 7.52. The lowest BCUT2D eigenvalue weighted by Crippen LogP contribution is -2.43. The maximum absolute atomic E-state index is 4.54. The number of likely N-dealkylation sites (tertiary alicyclic amines) is 1. The molecule has 2 fully saturated rings. The summed E-state index contributed by atoms with van der Waals surface area (Å²) in [6.45, 7) is 6.12. The third kappa shape index (κ3) is 3.54. The Balaban J connectivity index is 1.54. The van der Waals surface area contributed by atoms with Gasteiger partial charge in [-0.25, -0.2) is 9.97 Å². The summed E-state index contributed by atoms with van der Waals surface area (Å²) in [5.41, 5.74) is 2.36. The summed E-state index contributed by atoms with van der Waals surface area (Å²) in [6, 6.07) is 5.45. The van der Waals surface area contributed by atoms with Crippen LogP contribution in [0, 0.1) is 19.8 Å². The van der Waals surface area contributed by atoms with Gasteiger partial charge in [0, 0.05) is 37.6 Å². The number of nitrogens with zero attached hydrogens (tertiary/aromatic N) is 5. The van der Waals surface area contributed by atoms with Crippen LogP contribution in [-0.2, 0) is 7.05 Å². The number of hydrogen-bond acceptors (Lipinski definition) is 5. The topological polar surface area (TPSA) is 58.9 Å². The smallest absolute Gasteiger partial charge is 0.129 e. The van der Waals surface area contributed by atoms with Gasteiger partial charge >= 0.3 is 0 Å². The molecule has 2 atom stereocenters. The Kier molecular flexibility index (Phi) is 4.46. The van der Waals surface area contributed by atoms with Gasteiger partial charge in [-0.3, -0.25) is 9.58 Å². The van der Waals surface area contributed by atoms with Crippen molar-refractivity contribution in [3.05, 3.63) is 35.5 Å². The molecule has 0 radical (unpaired) electrons. The van der Waals surface area contributed by atoms with Crippen molar-refractivity contribution in [3.63, 3.8) is 0 Å². The van der Waals surface area contributed by atoms with Crippen LogP contribution < -0.4 is 5.32 Å². The summed E-state index contributed by atoms with van der Waals surface area (Å²) in [6.07, 6.45) is 7.14. The van der Waals surface area contributed by atoms with Gasteiger partial charge in [0.05, 0.1) is 11.7 Å². The van der Waals surface area contributed by atoms with Crippen molar-refractivity contribution < 1.29 is 0 Å². The summed E-state index contributed by atoms with van der Waals surface area (Å²) in [7, 11) is 2.07. The van der Waals surface area contributed by atoms with E-state index in [9.17, 15) is 0 Å². The molecular formula is C19H28N6. The number of anilines is 1. The van der Waals surface area contributed by atoms with Gasteiger partial charge in [-0.2, -0.15) is 5.10 Å². The predicted molar refractivity (Wildman–Crippen MR) is 98.4 cm³/mol. The van der Waals surface area contributed by atoms with Crippen LogP contribution in [0.4, 0.5) is 5.82 Å². The van der Waals surface area contributed by atoms with Crippen molar-refractivity contribution in [1.82, 2.24) is 24.6 Å². The minimum Gasteiger partial charge on any atom is -0.370 e. The van der Waals surface area contributed by atoms with E-state index in [1.165, 1.54) is 37.9 Å². The van der Waals surface area contributed by atoms with Crippen LogP contribution in [0.5, 0.6) is 0 Å². The molecule has 1 N–H and O–H groups in total. The largest absolute Gasteiger partial charge is 0.370 e. The Morgan fingerprint density at radius 2 is 2.04 bits per heavy atom. The van der Waals surface area contributed by atoms with E-state index in [2.05, 4.69) is 43.1 Å². The van der Waals surface area contributed by atoms with Crippen LogP contribution in [0.15, 0.2) is 18.3 Å². The third-order valence-electron chi connectivity index (χ3n) is 5.48. The Morgan fingerprint density at radius 3 is 2.72 bits per heavy atom. The Hall–Kier alpha value is -1.95. The van der Waals surface area contributed by atoms with E-state index >= 15 is 0 Å². The molecule has 0 aromatic carbocycles. The van der Waals surface area contributed by atoms with Gasteiger partial charge in [0.1, 0.15) is 11.6 Å². The van der Waals surface area contributed by atoms with Gasteiger partial charge in [0.15, 0.2) is 0 Å². The highest BCUT2D eigenvalue weighted by molar-refractivity contribution is 5.36.